The van der Waals surface area contributed by atoms with Crippen molar-refractivity contribution in [2.24, 2.45) is 0 Å². The Balaban J connectivity index is 1.42. The van der Waals surface area contributed by atoms with Crippen molar-refractivity contribution in [2.75, 3.05) is 0 Å². The predicted octanol–water partition coefficient (Wildman–Crippen LogP) is 9.68. The van der Waals surface area contributed by atoms with Crippen molar-refractivity contribution >= 4 is 43.6 Å². The van der Waals surface area contributed by atoms with Gasteiger partial charge in [0, 0.05) is 32.7 Å². The van der Waals surface area contributed by atoms with E-state index in [-0.39, 0.29) is 0 Å². The lowest BCUT2D eigenvalue weighted by Gasteiger charge is -2.11. The Bertz CT molecular complexity index is 2160. The van der Waals surface area contributed by atoms with Crippen molar-refractivity contribution < 1.29 is 4.42 Å². The van der Waals surface area contributed by atoms with Gasteiger partial charge in [0.2, 0.25) is 0 Å². The largest absolute Gasteiger partial charge is 0.455 e. The summed E-state index contributed by atoms with van der Waals surface area (Å²) in [6.45, 7) is 0. The summed E-state index contributed by atoms with van der Waals surface area (Å²) in [7, 11) is 0. The molecule has 0 aliphatic heterocycles. The van der Waals surface area contributed by atoms with Crippen molar-refractivity contribution in [3.63, 3.8) is 0 Å². The summed E-state index contributed by atoms with van der Waals surface area (Å²) in [5.74, 6) is 0.709. The molecular formula is C36H22N2O. The molecule has 0 saturated carbocycles. The lowest BCUT2D eigenvalue weighted by atomic mass is 9.98. The summed E-state index contributed by atoms with van der Waals surface area (Å²) >= 11 is 0. The fourth-order valence-electron chi connectivity index (χ4n) is 5.61. The van der Waals surface area contributed by atoms with E-state index < -0.39 is 0 Å². The molecule has 0 amide bonds. The zero-order valence-electron chi connectivity index (χ0n) is 21.0. The smallest absolute Gasteiger partial charge is 0.161 e. The number of furan rings is 1. The van der Waals surface area contributed by atoms with Gasteiger partial charge in [-0.05, 0) is 40.8 Å². The van der Waals surface area contributed by atoms with E-state index in [0.29, 0.717) is 5.82 Å². The third-order valence-electron chi connectivity index (χ3n) is 7.48. The van der Waals surface area contributed by atoms with Gasteiger partial charge in [-0.3, -0.25) is 0 Å². The minimum Gasteiger partial charge on any atom is -0.455 e. The zero-order chi connectivity index (χ0) is 25.8. The van der Waals surface area contributed by atoms with E-state index in [1.165, 1.54) is 5.56 Å². The van der Waals surface area contributed by atoms with Crippen LogP contribution in [-0.4, -0.2) is 9.97 Å². The predicted molar refractivity (Wildman–Crippen MR) is 161 cm³/mol. The highest BCUT2D eigenvalue weighted by atomic mass is 16.3. The third-order valence-corrected chi connectivity index (χ3v) is 7.48. The summed E-state index contributed by atoms with van der Waals surface area (Å²) in [5, 5.41) is 5.32. The summed E-state index contributed by atoms with van der Waals surface area (Å²) in [6, 6.07) is 46.0. The van der Waals surface area contributed by atoms with E-state index in [0.717, 1.165) is 66.0 Å². The summed E-state index contributed by atoms with van der Waals surface area (Å²) in [6.07, 6.45) is 0. The molecule has 0 aliphatic rings. The molecule has 8 rings (SSSR count). The summed E-state index contributed by atoms with van der Waals surface area (Å²) < 4.78 is 6.54. The minimum atomic E-state index is 0.709. The van der Waals surface area contributed by atoms with Gasteiger partial charge in [0.1, 0.15) is 11.2 Å². The Hall–Kier alpha value is -5.28. The van der Waals surface area contributed by atoms with Crippen molar-refractivity contribution in [1.82, 2.24) is 9.97 Å². The molecule has 2 heterocycles. The number of para-hydroxylation sites is 1. The number of hydrogen-bond acceptors (Lipinski definition) is 3. The monoisotopic (exact) mass is 498 g/mol. The second kappa shape index (κ2) is 8.64. The Kier molecular flexibility index (Phi) is 4.82. The van der Waals surface area contributed by atoms with Crippen LogP contribution >= 0.6 is 0 Å². The van der Waals surface area contributed by atoms with Crippen LogP contribution in [0.2, 0.25) is 0 Å². The van der Waals surface area contributed by atoms with Crippen LogP contribution in [0.15, 0.2) is 138 Å². The molecule has 0 spiro atoms. The lowest BCUT2D eigenvalue weighted by Crippen LogP contribution is -1.96. The molecule has 182 valence electrons. The van der Waals surface area contributed by atoms with Crippen LogP contribution in [0, 0.1) is 0 Å². The maximum Gasteiger partial charge on any atom is 0.161 e. The summed E-state index contributed by atoms with van der Waals surface area (Å²) in [4.78, 5) is 10.2. The fraction of sp³-hybridized carbons (Fsp3) is 0. The molecule has 0 N–H and O–H groups in total. The first kappa shape index (κ1) is 21.8. The quantitative estimate of drug-likeness (QED) is 0.243. The topological polar surface area (TPSA) is 38.9 Å². The Morgan fingerprint density at radius 3 is 1.90 bits per heavy atom. The Morgan fingerprint density at radius 2 is 1.10 bits per heavy atom. The molecule has 2 aromatic heterocycles. The van der Waals surface area contributed by atoms with E-state index in [4.69, 9.17) is 14.4 Å². The van der Waals surface area contributed by atoms with E-state index in [9.17, 15) is 0 Å². The van der Waals surface area contributed by atoms with E-state index in [1.807, 2.05) is 24.3 Å². The molecule has 39 heavy (non-hydrogen) atoms. The molecule has 0 bridgehead atoms. The standard InChI is InChI=1S/C36H22N2O/c1-3-11-23(12-4-1)25-19-20-27-30-22-31(26-15-7-8-16-28(26)35(30)39-33(27)21-25)36-37-32-18-10-9-17-29(32)34(38-36)24-13-5-2-6-14-24/h1-22H. The molecule has 0 fully saturated rings. The van der Waals surface area contributed by atoms with Gasteiger partial charge in [-0.2, -0.15) is 0 Å². The second-order valence-corrected chi connectivity index (χ2v) is 9.80. The van der Waals surface area contributed by atoms with Gasteiger partial charge >= 0.3 is 0 Å². The minimum absolute atomic E-state index is 0.709. The third kappa shape index (κ3) is 3.52. The van der Waals surface area contributed by atoms with Gasteiger partial charge in [-0.25, -0.2) is 9.97 Å². The molecule has 3 heteroatoms. The number of aromatic nitrogens is 2. The molecule has 0 atom stereocenters. The first-order chi connectivity index (χ1) is 19.3. The SMILES string of the molecule is c1ccc(-c2ccc3c(c2)oc2c4ccccc4c(-c4nc(-c5ccccc5)c5ccccc5n4)cc32)cc1. The lowest BCUT2D eigenvalue weighted by molar-refractivity contribution is 0.673. The highest BCUT2D eigenvalue weighted by Gasteiger charge is 2.18. The molecule has 3 nitrogen and oxygen atoms in total. The number of benzene rings is 6. The molecule has 0 unspecified atom stereocenters. The molecule has 0 radical (unpaired) electrons. The molecule has 8 aromatic rings. The highest BCUT2D eigenvalue weighted by molar-refractivity contribution is 6.19. The first-order valence-electron chi connectivity index (χ1n) is 13.1. The number of fused-ring (bicyclic) bond motifs is 6. The van der Waals surface area contributed by atoms with Crippen LogP contribution in [0.1, 0.15) is 0 Å². The summed E-state index contributed by atoms with van der Waals surface area (Å²) in [5.41, 5.74) is 8.00. The van der Waals surface area contributed by atoms with Crippen molar-refractivity contribution in [2.45, 2.75) is 0 Å². The van der Waals surface area contributed by atoms with Crippen molar-refractivity contribution in [1.29, 1.82) is 0 Å². The van der Waals surface area contributed by atoms with Crippen molar-refractivity contribution in [3.8, 4) is 33.8 Å². The van der Waals surface area contributed by atoms with Gasteiger partial charge in [0.05, 0.1) is 11.2 Å². The van der Waals surface area contributed by atoms with Gasteiger partial charge in [-0.1, -0.05) is 109 Å². The number of nitrogens with zero attached hydrogens (tertiary/aromatic N) is 2. The van der Waals surface area contributed by atoms with Gasteiger partial charge < -0.3 is 4.42 Å². The fourth-order valence-corrected chi connectivity index (χ4v) is 5.61. The van der Waals surface area contributed by atoms with Crippen LogP contribution in [-0.2, 0) is 0 Å². The Morgan fingerprint density at radius 1 is 0.436 bits per heavy atom. The van der Waals surface area contributed by atoms with Crippen LogP contribution in [0.5, 0.6) is 0 Å². The second-order valence-electron chi connectivity index (χ2n) is 9.80. The first-order valence-corrected chi connectivity index (χ1v) is 13.1. The highest BCUT2D eigenvalue weighted by Crippen LogP contribution is 2.41. The molecule has 0 saturated heterocycles. The maximum absolute atomic E-state index is 6.54. The number of rotatable bonds is 3. The van der Waals surface area contributed by atoms with E-state index in [2.05, 4.69) is 109 Å². The van der Waals surface area contributed by atoms with Crippen LogP contribution < -0.4 is 0 Å². The molecule has 0 aliphatic carbocycles. The van der Waals surface area contributed by atoms with Gasteiger partial charge in [0.15, 0.2) is 5.82 Å². The average Bonchev–Trinajstić information content (AvgIpc) is 3.39. The normalized spacial score (nSPS) is 11.6. The number of hydrogen-bond donors (Lipinski definition) is 0. The molecular weight excluding hydrogens is 476 g/mol. The van der Waals surface area contributed by atoms with Gasteiger partial charge in [0.25, 0.3) is 0 Å². The molecule has 6 aromatic carbocycles. The van der Waals surface area contributed by atoms with Crippen LogP contribution in [0.3, 0.4) is 0 Å². The van der Waals surface area contributed by atoms with Crippen LogP contribution in [0.4, 0.5) is 0 Å². The van der Waals surface area contributed by atoms with E-state index >= 15 is 0 Å². The van der Waals surface area contributed by atoms with Crippen LogP contribution in [0.25, 0.3) is 77.4 Å². The zero-order valence-corrected chi connectivity index (χ0v) is 21.0. The van der Waals surface area contributed by atoms with Crippen molar-refractivity contribution in [3.05, 3.63) is 133 Å². The van der Waals surface area contributed by atoms with Gasteiger partial charge in [-0.15, -0.1) is 0 Å². The Labute approximate surface area is 225 Å². The van der Waals surface area contributed by atoms with E-state index in [1.54, 1.807) is 0 Å². The maximum atomic E-state index is 6.54. The average molecular weight is 499 g/mol.